The van der Waals surface area contributed by atoms with Gasteiger partial charge in [-0.2, -0.15) is 4.98 Å². The number of hydrogen-bond donors (Lipinski definition) is 2. The summed E-state index contributed by atoms with van der Waals surface area (Å²) in [6.45, 7) is 0.196. The monoisotopic (exact) mass is 291 g/mol. The third-order valence-corrected chi connectivity index (χ3v) is 3.40. The maximum Gasteiger partial charge on any atom is 0.320 e. The lowest BCUT2D eigenvalue weighted by Crippen LogP contribution is -2.38. The molecule has 0 spiro atoms. The van der Waals surface area contributed by atoms with Gasteiger partial charge in [-0.3, -0.25) is 10.1 Å². The minimum Gasteiger partial charge on any atom is -0.480 e. The minimum atomic E-state index is -0.865. The third-order valence-electron chi connectivity index (χ3n) is 3.40. The van der Waals surface area contributed by atoms with Crippen molar-refractivity contribution >= 4 is 5.97 Å². The molecule has 1 aliphatic carbocycles. The number of rotatable bonds is 6. The fourth-order valence-corrected chi connectivity index (χ4v) is 2.13. The van der Waals surface area contributed by atoms with Crippen LogP contribution in [-0.4, -0.2) is 27.3 Å². The van der Waals surface area contributed by atoms with Gasteiger partial charge in [-0.1, -0.05) is 5.16 Å². The average Bonchev–Trinajstić information content (AvgIpc) is 3.18. The quantitative estimate of drug-likeness (QED) is 0.844. The van der Waals surface area contributed by atoms with Crippen LogP contribution in [0.3, 0.4) is 0 Å². The van der Waals surface area contributed by atoms with E-state index in [0.29, 0.717) is 17.3 Å². The third kappa shape index (κ3) is 3.25. The number of benzene rings is 1. The first-order valence-electron chi connectivity index (χ1n) is 6.68. The van der Waals surface area contributed by atoms with Crippen LogP contribution in [0.2, 0.25) is 0 Å². The van der Waals surface area contributed by atoms with Gasteiger partial charge in [0.2, 0.25) is 11.7 Å². The Labute approximate surface area is 120 Å². The van der Waals surface area contributed by atoms with Crippen molar-refractivity contribution in [1.29, 1.82) is 0 Å². The predicted molar refractivity (Wildman–Crippen MR) is 70.7 cm³/mol. The number of hydrogen-bond acceptors (Lipinski definition) is 5. The molecule has 1 unspecified atom stereocenters. The highest BCUT2D eigenvalue weighted by molar-refractivity contribution is 5.74. The summed E-state index contributed by atoms with van der Waals surface area (Å²) in [6.07, 6.45) is 1.85. The molecule has 2 aromatic rings. The molecule has 2 N–H and O–H groups in total. The molecule has 0 bridgehead atoms. The molecule has 0 radical (unpaired) electrons. The second-order valence-corrected chi connectivity index (χ2v) is 5.05. The molecule has 1 aromatic carbocycles. The smallest absolute Gasteiger partial charge is 0.320 e. The standard InChI is InChI=1S/C14H14FN3O3/c15-10-5-3-9(4-6-10)13-17-11(21-18-13)7-16-12(14(19)20)8-1-2-8/h3-6,8,12,16H,1-2,7H2,(H,19,20). The molecule has 1 saturated carbocycles. The summed E-state index contributed by atoms with van der Waals surface area (Å²) >= 11 is 0. The van der Waals surface area contributed by atoms with Crippen LogP contribution < -0.4 is 5.32 Å². The van der Waals surface area contributed by atoms with E-state index in [1.807, 2.05) is 0 Å². The number of nitrogens with zero attached hydrogens (tertiary/aromatic N) is 2. The van der Waals surface area contributed by atoms with Gasteiger partial charge in [-0.15, -0.1) is 0 Å². The fourth-order valence-electron chi connectivity index (χ4n) is 2.13. The van der Waals surface area contributed by atoms with Gasteiger partial charge < -0.3 is 9.63 Å². The van der Waals surface area contributed by atoms with Crippen LogP contribution in [0.5, 0.6) is 0 Å². The van der Waals surface area contributed by atoms with Gasteiger partial charge in [0, 0.05) is 5.56 Å². The molecule has 0 aliphatic heterocycles. The van der Waals surface area contributed by atoms with E-state index in [2.05, 4.69) is 15.5 Å². The molecule has 21 heavy (non-hydrogen) atoms. The van der Waals surface area contributed by atoms with Gasteiger partial charge in [0.1, 0.15) is 11.9 Å². The number of nitrogens with one attached hydrogen (secondary N) is 1. The maximum atomic E-state index is 12.8. The van der Waals surface area contributed by atoms with Crippen LogP contribution in [0, 0.1) is 11.7 Å². The summed E-state index contributed by atoms with van der Waals surface area (Å²) in [6, 6.07) is 5.17. The lowest BCUT2D eigenvalue weighted by molar-refractivity contribution is -0.140. The SMILES string of the molecule is O=C(O)C(NCc1nc(-c2ccc(F)cc2)no1)C1CC1. The van der Waals surface area contributed by atoms with E-state index in [-0.39, 0.29) is 18.3 Å². The van der Waals surface area contributed by atoms with Crippen LogP contribution in [0.1, 0.15) is 18.7 Å². The lowest BCUT2D eigenvalue weighted by Gasteiger charge is -2.10. The maximum absolute atomic E-state index is 12.8. The van der Waals surface area contributed by atoms with Crippen molar-refractivity contribution in [2.24, 2.45) is 5.92 Å². The number of aromatic nitrogens is 2. The van der Waals surface area contributed by atoms with Crippen molar-refractivity contribution in [3.63, 3.8) is 0 Å². The predicted octanol–water partition coefficient (Wildman–Crippen LogP) is 1.83. The first-order chi connectivity index (χ1) is 10.1. The van der Waals surface area contributed by atoms with Gasteiger partial charge in [-0.25, -0.2) is 4.39 Å². The van der Waals surface area contributed by atoms with Crippen molar-refractivity contribution in [2.45, 2.75) is 25.4 Å². The molecule has 1 aliphatic rings. The largest absolute Gasteiger partial charge is 0.480 e. The van der Waals surface area contributed by atoms with Gasteiger partial charge >= 0.3 is 5.97 Å². The topological polar surface area (TPSA) is 88.2 Å². The summed E-state index contributed by atoms with van der Waals surface area (Å²) in [5.74, 6) is -0.359. The zero-order chi connectivity index (χ0) is 14.8. The van der Waals surface area contributed by atoms with E-state index in [4.69, 9.17) is 9.63 Å². The van der Waals surface area contributed by atoms with E-state index < -0.39 is 12.0 Å². The number of halogens is 1. The molecular formula is C14H14FN3O3. The van der Waals surface area contributed by atoms with E-state index >= 15 is 0 Å². The van der Waals surface area contributed by atoms with Gasteiger partial charge in [-0.05, 0) is 43.0 Å². The first kappa shape index (κ1) is 13.7. The molecule has 6 nitrogen and oxygen atoms in total. The number of carbonyl (C=O) groups is 1. The lowest BCUT2D eigenvalue weighted by atomic mass is 10.2. The molecule has 1 fully saturated rings. The molecule has 7 heteroatoms. The second kappa shape index (κ2) is 5.61. The van der Waals surface area contributed by atoms with Crippen LogP contribution in [0.15, 0.2) is 28.8 Å². The summed E-state index contributed by atoms with van der Waals surface area (Å²) in [5.41, 5.74) is 0.642. The molecule has 0 saturated heterocycles. The Morgan fingerprint density at radius 1 is 1.43 bits per heavy atom. The van der Waals surface area contributed by atoms with Crippen LogP contribution in [0.4, 0.5) is 4.39 Å². The Morgan fingerprint density at radius 2 is 2.14 bits per heavy atom. The molecule has 110 valence electrons. The summed E-state index contributed by atoms with van der Waals surface area (Å²) in [7, 11) is 0. The molecule has 1 heterocycles. The Morgan fingerprint density at radius 3 is 2.76 bits per heavy atom. The summed E-state index contributed by atoms with van der Waals surface area (Å²) < 4.78 is 17.9. The highest BCUT2D eigenvalue weighted by Crippen LogP contribution is 2.32. The molecule has 1 atom stereocenters. The van der Waals surface area contributed by atoms with Crippen molar-refractivity contribution in [3.05, 3.63) is 36.0 Å². The zero-order valence-electron chi connectivity index (χ0n) is 11.1. The highest BCUT2D eigenvalue weighted by atomic mass is 19.1. The van der Waals surface area contributed by atoms with Crippen molar-refractivity contribution in [3.8, 4) is 11.4 Å². The minimum absolute atomic E-state index is 0.182. The van der Waals surface area contributed by atoms with Crippen molar-refractivity contribution in [2.75, 3.05) is 0 Å². The summed E-state index contributed by atoms with van der Waals surface area (Å²) in [5, 5.41) is 15.8. The normalized spacial score (nSPS) is 15.9. The van der Waals surface area contributed by atoms with Crippen molar-refractivity contribution in [1.82, 2.24) is 15.5 Å². The van der Waals surface area contributed by atoms with E-state index in [9.17, 15) is 9.18 Å². The average molecular weight is 291 g/mol. The zero-order valence-corrected chi connectivity index (χ0v) is 11.1. The molecule has 3 rings (SSSR count). The number of carboxylic acid groups (broad SMARTS) is 1. The van der Waals surface area contributed by atoms with E-state index in [1.54, 1.807) is 12.1 Å². The van der Waals surface area contributed by atoms with Gasteiger partial charge in [0.25, 0.3) is 0 Å². The molecule has 0 amide bonds. The number of carboxylic acids is 1. The van der Waals surface area contributed by atoms with Gasteiger partial charge in [0.15, 0.2) is 0 Å². The van der Waals surface area contributed by atoms with Crippen LogP contribution >= 0.6 is 0 Å². The summed E-state index contributed by atoms with van der Waals surface area (Å²) in [4.78, 5) is 15.3. The number of aliphatic carboxylic acids is 1. The van der Waals surface area contributed by atoms with Crippen LogP contribution in [0.25, 0.3) is 11.4 Å². The Kier molecular flexibility index (Phi) is 3.66. The molecular weight excluding hydrogens is 277 g/mol. The molecule has 1 aromatic heterocycles. The highest BCUT2D eigenvalue weighted by Gasteiger charge is 2.36. The first-order valence-corrected chi connectivity index (χ1v) is 6.68. The fraction of sp³-hybridized carbons (Fsp3) is 0.357. The van der Waals surface area contributed by atoms with Gasteiger partial charge in [0.05, 0.1) is 6.54 Å². The van der Waals surface area contributed by atoms with E-state index in [0.717, 1.165) is 12.8 Å². The Balaban J connectivity index is 1.64. The van der Waals surface area contributed by atoms with Crippen molar-refractivity contribution < 1.29 is 18.8 Å². The van der Waals surface area contributed by atoms with E-state index in [1.165, 1.54) is 12.1 Å². The van der Waals surface area contributed by atoms with Crippen LogP contribution in [-0.2, 0) is 11.3 Å². The second-order valence-electron chi connectivity index (χ2n) is 5.05. The Hall–Kier alpha value is -2.28. The Bertz CT molecular complexity index is 637.